The average molecular weight is 178 g/mol. The topological polar surface area (TPSA) is 53.2 Å². The van der Waals surface area contributed by atoms with Gasteiger partial charge in [0.15, 0.2) is 6.04 Å². The molecule has 1 atom stereocenters. The first-order chi connectivity index (χ1) is 5.77. The minimum atomic E-state index is -0.679. The molecule has 12 heavy (non-hydrogen) atoms. The Morgan fingerprint density at radius 3 is 2.83 bits per heavy atom. The van der Waals surface area contributed by atoms with Crippen molar-refractivity contribution < 1.29 is 4.79 Å². The number of nitriles is 1. The van der Waals surface area contributed by atoms with Crippen molar-refractivity contribution in [3.63, 3.8) is 0 Å². The predicted octanol–water partition coefficient (Wildman–Crippen LogP) is 1.96. The number of isocyanates is 1. The first-order valence-electron chi connectivity index (χ1n) is 3.31. The van der Waals surface area contributed by atoms with Crippen LogP contribution in [0.4, 0.5) is 0 Å². The normalized spacial score (nSPS) is 11.3. The molecule has 1 unspecified atom stereocenters. The number of carbonyl (C=O) groups excluding carboxylic acids is 1. The molecule has 0 spiro atoms. The maximum Gasteiger partial charge on any atom is 0.236 e. The molecular weight excluding hydrogens is 172 g/mol. The van der Waals surface area contributed by atoms with Crippen LogP contribution in [-0.2, 0) is 4.79 Å². The Labute approximate surface area is 74.0 Å². The molecule has 0 amide bonds. The monoisotopic (exact) mass is 178 g/mol. The highest BCUT2D eigenvalue weighted by Gasteiger charge is 2.09. The number of hydrogen-bond acceptors (Lipinski definition) is 4. The van der Waals surface area contributed by atoms with E-state index < -0.39 is 6.04 Å². The second-order valence-electron chi connectivity index (χ2n) is 2.20. The number of nitrogens with zero attached hydrogens (tertiary/aromatic N) is 2. The summed E-state index contributed by atoms with van der Waals surface area (Å²) in [5, 5.41) is 8.60. The predicted molar refractivity (Wildman–Crippen MR) is 45.5 cm³/mol. The third kappa shape index (κ3) is 1.79. The highest BCUT2D eigenvalue weighted by Crippen LogP contribution is 2.24. The molecule has 0 aliphatic heterocycles. The van der Waals surface area contributed by atoms with Gasteiger partial charge in [0.25, 0.3) is 0 Å². The van der Waals surface area contributed by atoms with Crippen LogP contribution in [0.15, 0.2) is 17.1 Å². The molecule has 1 heterocycles. The van der Waals surface area contributed by atoms with Gasteiger partial charge < -0.3 is 0 Å². The second kappa shape index (κ2) is 3.82. The van der Waals surface area contributed by atoms with Crippen molar-refractivity contribution in [3.05, 3.63) is 21.9 Å². The standard InChI is InChI=1S/C8H6N2OS/c1-6-2-3-8(12-6)7(4-9)10-5-11/h2-3,7H,1H3. The zero-order chi connectivity index (χ0) is 8.97. The molecule has 1 rings (SSSR count). The van der Waals surface area contributed by atoms with Crippen molar-refractivity contribution in [1.82, 2.24) is 0 Å². The van der Waals surface area contributed by atoms with Crippen LogP contribution < -0.4 is 0 Å². The van der Waals surface area contributed by atoms with Crippen molar-refractivity contribution >= 4 is 17.4 Å². The van der Waals surface area contributed by atoms with E-state index in [0.29, 0.717) is 0 Å². The zero-order valence-electron chi connectivity index (χ0n) is 6.44. The summed E-state index contributed by atoms with van der Waals surface area (Å²) in [4.78, 5) is 15.2. The highest BCUT2D eigenvalue weighted by molar-refractivity contribution is 7.12. The van der Waals surface area contributed by atoms with E-state index in [1.807, 2.05) is 19.1 Å². The molecule has 4 heteroatoms. The molecule has 1 aromatic rings. The molecule has 0 aromatic carbocycles. The Bertz CT molecular complexity index is 357. The minimum Gasteiger partial charge on any atom is -0.211 e. The van der Waals surface area contributed by atoms with E-state index in [4.69, 9.17) is 5.26 Å². The van der Waals surface area contributed by atoms with Gasteiger partial charge in [0, 0.05) is 9.75 Å². The van der Waals surface area contributed by atoms with E-state index >= 15 is 0 Å². The third-order valence-electron chi connectivity index (χ3n) is 1.33. The van der Waals surface area contributed by atoms with Gasteiger partial charge in [-0.25, -0.2) is 4.79 Å². The van der Waals surface area contributed by atoms with Gasteiger partial charge in [-0.2, -0.15) is 10.3 Å². The minimum absolute atomic E-state index is 0.679. The van der Waals surface area contributed by atoms with Crippen LogP contribution in [0.25, 0.3) is 0 Å². The molecule has 0 N–H and O–H groups in total. The molecule has 60 valence electrons. The Morgan fingerprint density at radius 2 is 2.42 bits per heavy atom. The van der Waals surface area contributed by atoms with Gasteiger partial charge in [-0.1, -0.05) is 0 Å². The van der Waals surface area contributed by atoms with Gasteiger partial charge >= 0.3 is 0 Å². The van der Waals surface area contributed by atoms with E-state index in [2.05, 4.69) is 4.99 Å². The largest absolute Gasteiger partial charge is 0.236 e. The average Bonchev–Trinajstić information content (AvgIpc) is 2.47. The Morgan fingerprint density at radius 1 is 1.67 bits per heavy atom. The third-order valence-corrected chi connectivity index (χ3v) is 2.39. The van der Waals surface area contributed by atoms with Gasteiger partial charge in [-0.3, -0.25) is 0 Å². The van der Waals surface area contributed by atoms with E-state index in [0.717, 1.165) is 9.75 Å². The molecule has 0 saturated carbocycles. The fourth-order valence-corrected chi connectivity index (χ4v) is 1.67. The second-order valence-corrected chi connectivity index (χ2v) is 3.52. The Hall–Kier alpha value is -1.43. The lowest BCUT2D eigenvalue weighted by atomic mass is 10.3. The molecule has 0 aliphatic rings. The SMILES string of the molecule is Cc1ccc(C(C#N)N=C=O)s1. The van der Waals surface area contributed by atoms with Gasteiger partial charge in [0.2, 0.25) is 6.08 Å². The lowest BCUT2D eigenvalue weighted by molar-refractivity contribution is 0.561. The Balaban J connectivity index is 2.96. The lowest BCUT2D eigenvalue weighted by Gasteiger charge is -1.93. The first kappa shape index (κ1) is 8.66. The van der Waals surface area contributed by atoms with Gasteiger partial charge in [0.05, 0.1) is 6.07 Å². The van der Waals surface area contributed by atoms with Crippen LogP contribution in [-0.4, -0.2) is 6.08 Å². The summed E-state index contributed by atoms with van der Waals surface area (Å²) in [5.41, 5.74) is 0. The van der Waals surface area contributed by atoms with Gasteiger partial charge in [-0.15, -0.1) is 11.3 Å². The molecule has 0 aliphatic carbocycles. The van der Waals surface area contributed by atoms with Crippen molar-refractivity contribution in [3.8, 4) is 6.07 Å². The van der Waals surface area contributed by atoms with Crippen molar-refractivity contribution in [2.24, 2.45) is 4.99 Å². The fourth-order valence-electron chi connectivity index (χ4n) is 0.809. The summed E-state index contributed by atoms with van der Waals surface area (Å²) >= 11 is 1.47. The van der Waals surface area contributed by atoms with Crippen molar-refractivity contribution in [2.45, 2.75) is 13.0 Å². The molecule has 0 radical (unpaired) electrons. The quantitative estimate of drug-likeness (QED) is 0.513. The molecular formula is C8H6N2OS. The van der Waals surface area contributed by atoms with Crippen LogP contribution in [0, 0.1) is 18.3 Å². The molecule has 0 bridgehead atoms. The molecule has 0 saturated heterocycles. The summed E-state index contributed by atoms with van der Waals surface area (Å²) in [5.74, 6) is 0. The summed E-state index contributed by atoms with van der Waals surface area (Å²) < 4.78 is 0. The number of aryl methyl sites for hydroxylation is 1. The van der Waals surface area contributed by atoms with E-state index in [9.17, 15) is 4.79 Å². The van der Waals surface area contributed by atoms with E-state index in [1.54, 1.807) is 6.07 Å². The molecule has 1 aromatic heterocycles. The van der Waals surface area contributed by atoms with Crippen LogP contribution in [0.2, 0.25) is 0 Å². The Kier molecular flexibility index (Phi) is 2.76. The summed E-state index contributed by atoms with van der Waals surface area (Å²) in [6.07, 6.45) is 1.39. The maximum atomic E-state index is 9.92. The molecule has 0 fully saturated rings. The van der Waals surface area contributed by atoms with Crippen molar-refractivity contribution in [2.75, 3.05) is 0 Å². The van der Waals surface area contributed by atoms with Crippen LogP contribution in [0.3, 0.4) is 0 Å². The van der Waals surface area contributed by atoms with Crippen LogP contribution >= 0.6 is 11.3 Å². The van der Waals surface area contributed by atoms with Gasteiger partial charge in [0.1, 0.15) is 0 Å². The van der Waals surface area contributed by atoms with Crippen molar-refractivity contribution in [1.29, 1.82) is 5.26 Å². The van der Waals surface area contributed by atoms with Crippen LogP contribution in [0.1, 0.15) is 15.8 Å². The molecule has 3 nitrogen and oxygen atoms in total. The lowest BCUT2D eigenvalue weighted by Crippen LogP contribution is -1.85. The first-order valence-corrected chi connectivity index (χ1v) is 4.12. The summed E-state index contributed by atoms with van der Waals surface area (Å²) in [6, 6.07) is 4.93. The highest BCUT2D eigenvalue weighted by atomic mass is 32.1. The zero-order valence-corrected chi connectivity index (χ0v) is 7.26. The maximum absolute atomic E-state index is 9.92. The van der Waals surface area contributed by atoms with Crippen LogP contribution in [0.5, 0.6) is 0 Å². The summed E-state index contributed by atoms with van der Waals surface area (Å²) in [6.45, 7) is 1.94. The smallest absolute Gasteiger partial charge is 0.211 e. The number of aliphatic imine (C=N–C) groups is 1. The van der Waals surface area contributed by atoms with E-state index in [-0.39, 0.29) is 0 Å². The number of rotatable bonds is 2. The van der Waals surface area contributed by atoms with Gasteiger partial charge in [-0.05, 0) is 19.1 Å². The van der Waals surface area contributed by atoms with E-state index in [1.165, 1.54) is 17.4 Å². The number of thiophene rings is 1. The number of hydrogen-bond donors (Lipinski definition) is 0. The summed E-state index contributed by atoms with van der Waals surface area (Å²) in [7, 11) is 0. The fraction of sp³-hybridized carbons (Fsp3) is 0.250.